The summed E-state index contributed by atoms with van der Waals surface area (Å²) in [5.74, 6) is 0. The van der Waals surface area contributed by atoms with Gasteiger partial charge in [-0.1, -0.05) is 0 Å². The van der Waals surface area contributed by atoms with Crippen LogP contribution in [0, 0.1) is 5.16 Å². The van der Waals surface area contributed by atoms with Crippen molar-refractivity contribution in [3.8, 4) is 0 Å². The van der Waals surface area contributed by atoms with Gasteiger partial charge in [0.2, 0.25) is 0 Å². The van der Waals surface area contributed by atoms with Crippen LogP contribution in [0.3, 0.4) is 0 Å². The predicted octanol–water partition coefficient (Wildman–Crippen LogP) is 0.450. The minimum Gasteiger partial charge on any atom is -0.244 e. The van der Waals surface area contributed by atoms with Crippen molar-refractivity contribution in [1.82, 2.24) is 0 Å². The third-order valence-corrected chi connectivity index (χ3v) is 0. The fourth-order valence-electron chi connectivity index (χ4n) is 0. The molecule has 0 rings (SSSR count). The van der Waals surface area contributed by atoms with Crippen LogP contribution in [0.25, 0.3) is 0 Å². The summed E-state index contributed by atoms with van der Waals surface area (Å²) in [6.07, 6.45) is 0. The Morgan fingerprint density at radius 2 is 2.00 bits per heavy atom. The zero-order chi connectivity index (χ0) is 3.58. The first kappa shape index (κ1) is 3.86. The highest BCUT2D eigenvalue weighted by molar-refractivity contribution is 7.29. The average Bonchev–Trinajstić information content (AvgIpc) is 0.811. The van der Waals surface area contributed by atoms with Gasteiger partial charge in [-0.25, -0.2) is 15.2 Å². The Bertz CT molecular complexity index is 54.4. The fraction of sp³-hybridized carbons (Fsp3) is 0. The molecular formula is H3N2OP. The van der Waals surface area contributed by atoms with Crippen LogP contribution in [-0.2, 0) is 4.57 Å². The Labute approximate surface area is 24.2 Å². The molecule has 0 radical (unpaired) electrons. The summed E-state index contributed by atoms with van der Waals surface area (Å²) >= 11 is 0. The van der Waals surface area contributed by atoms with Crippen molar-refractivity contribution in [2.24, 2.45) is 5.50 Å². The van der Waals surface area contributed by atoms with Crippen molar-refractivity contribution in [1.29, 1.82) is 5.16 Å². The second-order valence-corrected chi connectivity index (χ2v) is 0.977. The van der Waals surface area contributed by atoms with E-state index in [2.05, 4.69) is 5.50 Å². The van der Waals surface area contributed by atoms with Gasteiger partial charge < -0.3 is 0 Å². The molecule has 4 heavy (non-hydrogen) atoms. The quantitative estimate of drug-likeness (QED) is 0.413. The standard InChI is InChI=1S/H3N2OP/c1-4(2)3/h(H3,1,2). The molecule has 1 atom stereocenters. The Morgan fingerprint density at radius 1 is 2.00 bits per heavy atom. The van der Waals surface area contributed by atoms with E-state index in [0.717, 1.165) is 0 Å². The van der Waals surface area contributed by atoms with Crippen molar-refractivity contribution in [3.05, 3.63) is 0 Å². The predicted molar refractivity (Wildman–Crippen MR) is 14.5 cm³/mol. The molecule has 0 aliphatic carbocycles. The average molecular weight is 78.0 g/mol. The van der Waals surface area contributed by atoms with Crippen LogP contribution in [0.1, 0.15) is 0 Å². The van der Waals surface area contributed by atoms with Gasteiger partial charge in [-0.05, 0) is 0 Å². The monoisotopic (exact) mass is 78.0 g/mol. The molecule has 0 aromatic rings. The van der Waals surface area contributed by atoms with Crippen molar-refractivity contribution >= 4 is 7.74 Å². The zero-order valence-electron chi connectivity index (χ0n) is 1.93. The molecule has 0 spiro atoms. The van der Waals surface area contributed by atoms with Crippen LogP contribution in [0.4, 0.5) is 0 Å². The van der Waals surface area contributed by atoms with E-state index in [9.17, 15) is 0 Å². The second kappa shape index (κ2) is 1.21. The molecule has 3 N–H and O–H groups in total. The Kier molecular flexibility index (Phi) is 1.17. The molecule has 1 unspecified atom stereocenters. The third-order valence-electron chi connectivity index (χ3n) is 0. The van der Waals surface area contributed by atoms with E-state index in [4.69, 9.17) is 9.73 Å². The normalized spacial score (nSPS) is 10.8. The summed E-state index contributed by atoms with van der Waals surface area (Å²) in [5, 5.41) is 5.87. The van der Waals surface area contributed by atoms with E-state index < -0.39 is 7.74 Å². The lowest BCUT2D eigenvalue weighted by molar-refractivity contribution is 0.592. The number of hydrogen-bond donors (Lipinski definition) is 2. The Balaban J connectivity index is 3.51. The molecule has 0 aliphatic rings. The van der Waals surface area contributed by atoms with Crippen LogP contribution in [0.5, 0.6) is 0 Å². The third kappa shape index (κ3) is 70.2. The fourth-order valence-corrected chi connectivity index (χ4v) is 0. The first-order valence-corrected chi connectivity index (χ1v) is 1.99. The molecule has 0 aliphatic heterocycles. The van der Waals surface area contributed by atoms with Crippen LogP contribution >= 0.6 is 7.74 Å². The molecule has 3 nitrogen and oxygen atoms in total. The van der Waals surface area contributed by atoms with Gasteiger partial charge in [0.25, 0.3) is 7.74 Å². The van der Waals surface area contributed by atoms with Crippen LogP contribution in [0.2, 0.25) is 0 Å². The van der Waals surface area contributed by atoms with E-state index in [1.807, 2.05) is 0 Å². The van der Waals surface area contributed by atoms with Crippen LogP contribution in [0.15, 0.2) is 0 Å². The zero-order valence-corrected chi connectivity index (χ0v) is 2.83. The number of hydrogen-bond acceptors (Lipinski definition) is 2. The van der Waals surface area contributed by atoms with Gasteiger partial charge >= 0.3 is 0 Å². The molecule has 24 valence electrons. The van der Waals surface area contributed by atoms with Crippen LogP contribution < -0.4 is 5.50 Å². The highest BCUT2D eigenvalue weighted by Gasteiger charge is 1.45. The summed E-state index contributed by atoms with van der Waals surface area (Å²) in [6.45, 7) is 0. The molecule has 0 amide bonds. The summed E-state index contributed by atoms with van der Waals surface area (Å²) < 4.78 is 9.04. The minimum atomic E-state index is -2.12. The number of nitrogens with two attached hydrogens (primary N) is 1. The summed E-state index contributed by atoms with van der Waals surface area (Å²) in [6, 6.07) is 0. The second-order valence-electron chi connectivity index (χ2n) is 0.326. The molecule has 0 heterocycles. The molecule has 0 fully saturated rings. The molecule has 0 aromatic heterocycles. The van der Waals surface area contributed by atoms with E-state index in [1.165, 1.54) is 0 Å². The molecule has 0 bridgehead atoms. The van der Waals surface area contributed by atoms with Crippen molar-refractivity contribution in [3.63, 3.8) is 0 Å². The lowest BCUT2D eigenvalue weighted by atomic mass is 13.9. The van der Waals surface area contributed by atoms with E-state index >= 15 is 0 Å². The maximum atomic E-state index is 9.04. The SMILES string of the molecule is N=P(N)=O. The summed E-state index contributed by atoms with van der Waals surface area (Å²) in [4.78, 5) is 0. The molecule has 0 saturated carbocycles. The highest BCUT2D eigenvalue weighted by Crippen LogP contribution is 1.78. The maximum Gasteiger partial charge on any atom is 0.264 e. The number of rotatable bonds is 0. The van der Waals surface area contributed by atoms with Crippen LogP contribution in [-0.4, -0.2) is 0 Å². The van der Waals surface area contributed by atoms with Crippen molar-refractivity contribution < 1.29 is 4.57 Å². The Morgan fingerprint density at radius 3 is 2.00 bits per heavy atom. The molecular weight excluding hydrogens is 75.0 g/mol. The lowest BCUT2D eigenvalue weighted by Gasteiger charge is -1.42. The van der Waals surface area contributed by atoms with Crippen molar-refractivity contribution in [2.45, 2.75) is 0 Å². The van der Waals surface area contributed by atoms with E-state index in [1.54, 1.807) is 0 Å². The highest BCUT2D eigenvalue weighted by atomic mass is 31.1. The Hall–Kier alpha value is -0.140. The van der Waals surface area contributed by atoms with Gasteiger partial charge in [-0.15, -0.1) is 0 Å². The summed E-state index contributed by atoms with van der Waals surface area (Å²) in [5.41, 5.74) is 4.29. The lowest BCUT2D eigenvalue weighted by Crippen LogP contribution is -1.58. The smallest absolute Gasteiger partial charge is 0.244 e. The topological polar surface area (TPSA) is 66.9 Å². The summed E-state index contributed by atoms with van der Waals surface area (Å²) in [7, 11) is -2.12. The maximum absolute atomic E-state index is 9.04. The first-order chi connectivity index (χ1) is 1.73. The molecule has 0 saturated heterocycles. The van der Waals surface area contributed by atoms with E-state index in [-0.39, 0.29) is 0 Å². The molecule has 0 aromatic carbocycles. The van der Waals surface area contributed by atoms with Gasteiger partial charge in [0.1, 0.15) is 0 Å². The van der Waals surface area contributed by atoms with Gasteiger partial charge in [-0.2, -0.15) is 0 Å². The minimum absolute atomic E-state index is 2.12. The number of nitrogens with one attached hydrogen (secondary N) is 1. The molecule has 4 heteroatoms. The van der Waals surface area contributed by atoms with E-state index in [0.29, 0.717) is 0 Å². The first-order valence-electron chi connectivity index (χ1n) is 0.664. The van der Waals surface area contributed by atoms with Crippen molar-refractivity contribution in [2.75, 3.05) is 0 Å². The van der Waals surface area contributed by atoms with Gasteiger partial charge in [0.15, 0.2) is 0 Å². The largest absolute Gasteiger partial charge is 0.264 e. The van der Waals surface area contributed by atoms with Gasteiger partial charge in [0, 0.05) is 0 Å². The van der Waals surface area contributed by atoms with Gasteiger partial charge in [-0.3, -0.25) is 0 Å². The van der Waals surface area contributed by atoms with Gasteiger partial charge in [0.05, 0.1) is 0 Å².